The lowest BCUT2D eigenvalue weighted by Gasteiger charge is -2.47. The molecule has 0 radical (unpaired) electrons. The summed E-state index contributed by atoms with van der Waals surface area (Å²) in [6.07, 6.45) is 9.57. The van der Waals surface area contributed by atoms with E-state index in [1.807, 2.05) is 11.3 Å². The van der Waals surface area contributed by atoms with E-state index in [9.17, 15) is 0 Å². The second kappa shape index (κ2) is 9.19. The van der Waals surface area contributed by atoms with E-state index in [0.29, 0.717) is 5.92 Å². The molecule has 0 amide bonds. The van der Waals surface area contributed by atoms with E-state index >= 15 is 0 Å². The summed E-state index contributed by atoms with van der Waals surface area (Å²) in [5.41, 5.74) is 16.3. The second-order valence-electron chi connectivity index (χ2n) is 16.5. The summed E-state index contributed by atoms with van der Waals surface area (Å²) in [6.45, 7) is 14.3. The SMILES string of the molecule is Cc1cc2c3c(c1)N(c1cc4c(cc1C)C(C)(C)CCC4(C)C)c1oc4ccccc4c1B3N1c3sc4ccccc4c3C3C=CC=C2C31. The predicted molar refractivity (Wildman–Crippen MR) is 209 cm³/mol. The van der Waals surface area contributed by atoms with E-state index in [4.69, 9.17) is 4.42 Å². The van der Waals surface area contributed by atoms with Gasteiger partial charge in [0.25, 0.3) is 0 Å². The zero-order valence-corrected chi connectivity index (χ0v) is 29.8. The van der Waals surface area contributed by atoms with Gasteiger partial charge in [0.2, 0.25) is 5.88 Å². The summed E-state index contributed by atoms with van der Waals surface area (Å²) in [7, 11) is 0. The Morgan fingerprint density at radius 3 is 2.37 bits per heavy atom. The van der Waals surface area contributed by atoms with Crippen molar-refractivity contribution >= 4 is 78.0 Å². The van der Waals surface area contributed by atoms with E-state index in [2.05, 4.69) is 142 Å². The van der Waals surface area contributed by atoms with Crippen LogP contribution >= 0.6 is 11.3 Å². The minimum Gasteiger partial charge on any atom is -0.440 e. The monoisotopic (exact) mass is 654 g/mol. The molecule has 5 heterocycles. The fourth-order valence-electron chi connectivity index (χ4n) is 10.2. The number of allylic oxidation sites excluding steroid dienone is 2. The van der Waals surface area contributed by atoms with E-state index in [-0.39, 0.29) is 23.7 Å². The topological polar surface area (TPSA) is 19.6 Å². The van der Waals surface area contributed by atoms with Gasteiger partial charge in [0.15, 0.2) is 0 Å². The van der Waals surface area contributed by atoms with Crippen LogP contribution in [0, 0.1) is 13.8 Å². The van der Waals surface area contributed by atoms with Crippen molar-refractivity contribution in [1.29, 1.82) is 0 Å². The number of hydrogen-bond donors (Lipinski definition) is 0. The standard InChI is InChI=1S/C44H39BN2OS/c1-24-20-30-26-14-11-15-29-37-28-13-8-10-17-36(28)49-42(37)47(40(26)29)45-38(30)34(21-24)46(41-39(45)27-12-7-9-16-35(27)48-41)33-23-32-31(22-25(33)2)43(3,4)18-19-44(32,5)6/h7-17,20-23,29,40H,18-19H2,1-6H3. The van der Waals surface area contributed by atoms with Crippen molar-refractivity contribution in [3.8, 4) is 0 Å². The van der Waals surface area contributed by atoms with Crippen LogP contribution in [0.5, 0.6) is 0 Å². The van der Waals surface area contributed by atoms with Gasteiger partial charge in [-0.1, -0.05) is 94.5 Å². The summed E-state index contributed by atoms with van der Waals surface area (Å²) in [5, 5.41) is 4.03. The summed E-state index contributed by atoms with van der Waals surface area (Å²) >= 11 is 1.97. The average molecular weight is 655 g/mol. The van der Waals surface area contributed by atoms with Crippen LogP contribution in [0.25, 0.3) is 26.6 Å². The lowest BCUT2D eigenvalue weighted by atomic mass is 9.42. The van der Waals surface area contributed by atoms with Gasteiger partial charge < -0.3 is 9.23 Å². The van der Waals surface area contributed by atoms with Gasteiger partial charge in [-0.2, -0.15) is 0 Å². The van der Waals surface area contributed by atoms with Gasteiger partial charge in [0, 0.05) is 32.7 Å². The Bertz CT molecular complexity index is 2530. The molecule has 11 rings (SSSR count). The molecule has 0 saturated heterocycles. The average Bonchev–Trinajstić information content (AvgIpc) is 3.75. The molecule has 2 atom stereocenters. The van der Waals surface area contributed by atoms with Crippen molar-refractivity contribution < 1.29 is 4.42 Å². The Morgan fingerprint density at radius 1 is 0.816 bits per heavy atom. The van der Waals surface area contributed by atoms with Crippen molar-refractivity contribution in [2.24, 2.45) is 0 Å². The van der Waals surface area contributed by atoms with Crippen molar-refractivity contribution in [3.63, 3.8) is 0 Å². The number of rotatable bonds is 1. The third-order valence-electron chi connectivity index (χ3n) is 12.6. The van der Waals surface area contributed by atoms with Gasteiger partial charge in [-0.25, -0.2) is 0 Å². The number of para-hydroxylation sites is 1. The summed E-state index contributed by atoms with van der Waals surface area (Å²) in [6, 6.07) is 27.9. The largest absolute Gasteiger partial charge is 0.440 e. The van der Waals surface area contributed by atoms with Gasteiger partial charge in [0.05, 0.1) is 16.7 Å². The Morgan fingerprint density at radius 2 is 1.55 bits per heavy atom. The molecule has 0 spiro atoms. The molecule has 5 aliphatic rings. The Hall–Kier alpha value is -4.48. The molecule has 5 heteroatoms. The van der Waals surface area contributed by atoms with Crippen LogP contribution in [-0.4, -0.2) is 12.9 Å². The van der Waals surface area contributed by atoms with Crippen LogP contribution in [0.1, 0.15) is 79.8 Å². The first-order valence-corrected chi connectivity index (χ1v) is 18.7. The second-order valence-corrected chi connectivity index (χ2v) is 17.5. The molecule has 2 aliphatic carbocycles. The molecule has 6 aromatic rings. The fourth-order valence-corrected chi connectivity index (χ4v) is 11.5. The quantitative estimate of drug-likeness (QED) is 0.165. The van der Waals surface area contributed by atoms with Crippen molar-refractivity contribution in [3.05, 3.63) is 124 Å². The van der Waals surface area contributed by atoms with Gasteiger partial charge >= 0.3 is 6.85 Å². The molecular formula is C44H39BN2OS. The van der Waals surface area contributed by atoms with Crippen molar-refractivity contribution in [1.82, 2.24) is 0 Å². The number of benzene rings is 4. The van der Waals surface area contributed by atoms with Crippen molar-refractivity contribution in [2.75, 3.05) is 9.71 Å². The first-order chi connectivity index (χ1) is 23.6. The highest BCUT2D eigenvalue weighted by Crippen LogP contribution is 2.58. The number of furan rings is 1. The van der Waals surface area contributed by atoms with E-state index in [1.54, 1.807) is 0 Å². The fraction of sp³-hybridized carbons (Fsp3) is 0.273. The maximum Gasteiger partial charge on any atom is 0.333 e. The first kappa shape index (κ1) is 28.4. The lowest BCUT2D eigenvalue weighted by molar-refractivity contribution is 0.332. The van der Waals surface area contributed by atoms with E-state index in [0.717, 1.165) is 11.5 Å². The van der Waals surface area contributed by atoms with Crippen LogP contribution in [0.3, 0.4) is 0 Å². The maximum atomic E-state index is 7.11. The van der Waals surface area contributed by atoms with Gasteiger partial charge in [-0.15, -0.1) is 11.3 Å². The van der Waals surface area contributed by atoms with Gasteiger partial charge in [-0.3, -0.25) is 4.90 Å². The Kier molecular flexibility index (Phi) is 5.32. The molecule has 3 nitrogen and oxygen atoms in total. The minimum atomic E-state index is 0.0410. The number of nitrogens with zero attached hydrogens (tertiary/aromatic N) is 2. The molecule has 0 fully saturated rings. The molecule has 2 aromatic heterocycles. The minimum absolute atomic E-state index is 0.0410. The molecule has 0 N–H and O–H groups in total. The van der Waals surface area contributed by atoms with Crippen LogP contribution in [0.2, 0.25) is 0 Å². The third kappa shape index (κ3) is 3.50. The highest BCUT2D eigenvalue weighted by atomic mass is 32.1. The first-order valence-electron chi connectivity index (χ1n) is 17.9. The molecule has 240 valence electrons. The van der Waals surface area contributed by atoms with Crippen LogP contribution in [-0.2, 0) is 10.8 Å². The van der Waals surface area contributed by atoms with Crippen LogP contribution in [0.4, 0.5) is 22.3 Å². The molecule has 4 aromatic carbocycles. The van der Waals surface area contributed by atoms with Gasteiger partial charge in [0.1, 0.15) is 5.58 Å². The molecule has 0 saturated carbocycles. The normalized spacial score (nSPS) is 21.8. The lowest BCUT2D eigenvalue weighted by Crippen LogP contribution is -2.66. The number of fused-ring (bicyclic) bond motifs is 12. The maximum absolute atomic E-state index is 7.11. The molecular weight excluding hydrogens is 615 g/mol. The van der Waals surface area contributed by atoms with Crippen molar-refractivity contribution in [2.45, 2.75) is 77.2 Å². The number of hydrogen-bond acceptors (Lipinski definition) is 4. The van der Waals surface area contributed by atoms with Gasteiger partial charge in [-0.05, 0) is 106 Å². The summed E-state index contributed by atoms with van der Waals surface area (Å²) in [4.78, 5) is 5.30. The van der Waals surface area contributed by atoms with Crippen LogP contribution < -0.4 is 20.6 Å². The zero-order valence-electron chi connectivity index (χ0n) is 29.0. The zero-order chi connectivity index (χ0) is 33.1. The summed E-state index contributed by atoms with van der Waals surface area (Å²) < 4.78 is 8.48. The number of aryl methyl sites for hydroxylation is 2. The summed E-state index contributed by atoms with van der Waals surface area (Å²) in [5.74, 6) is 1.28. The number of anilines is 4. The van der Waals surface area contributed by atoms with E-state index in [1.165, 1.54) is 94.6 Å². The predicted octanol–water partition coefficient (Wildman–Crippen LogP) is 10.4. The highest BCUT2D eigenvalue weighted by molar-refractivity contribution is 7.24. The third-order valence-corrected chi connectivity index (χ3v) is 13.8. The number of thiophene rings is 1. The Labute approximate surface area is 292 Å². The van der Waals surface area contributed by atoms with E-state index < -0.39 is 0 Å². The molecule has 49 heavy (non-hydrogen) atoms. The molecule has 0 bridgehead atoms. The van der Waals surface area contributed by atoms with Crippen LogP contribution in [0.15, 0.2) is 95.4 Å². The molecule has 2 unspecified atom stereocenters. The smallest absolute Gasteiger partial charge is 0.333 e. The highest BCUT2D eigenvalue weighted by Gasteiger charge is 2.56. The molecule has 3 aliphatic heterocycles. The Balaban J connectivity index is 1.25.